The summed E-state index contributed by atoms with van der Waals surface area (Å²) in [7, 11) is -1.73. The first kappa shape index (κ1) is 15.8. The lowest BCUT2D eigenvalue weighted by Gasteiger charge is -2.20. The van der Waals surface area contributed by atoms with Gasteiger partial charge in [0, 0.05) is 57.0 Å². The lowest BCUT2D eigenvalue weighted by molar-refractivity contribution is 0.444. The van der Waals surface area contributed by atoms with Crippen LogP contribution in [-0.4, -0.2) is 51.2 Å². The third kappa shape index (κ3) is 2.38. The van der Waals surface area contributed by atoms with Crippen molar-refractivity contribution in [3.63, 3.8) is 0 Å². The zero-order valence-electron chi connectivity index (χ0n) is 13.7. The molecule has 0 radical (unpaired) electrons. The van der Waals surface area contributed by atoms with E-state index in [1.54, 1.807) is 10.9 Å². The van der Waals surface area contributed by atoms with Crippen LogP contribution in [0.15, 0.2) is 23.5 Å². The van der Waals surface area contributed by atoms with E-state index in [1.165, 1.54) is 10.5 Å². The van der Waals surface area contributed by atoms with Gasteiger partial charge in [0.05, 0.1) is 6.20 Å². The number of nitrogens with zero attached hydrogens (tertiary/aromatic N) is 5. The lowest BCUT2D eigenvalue weighted by Crippen LogP contribution is -2.33. The van der Waals surface area contributed by atoms with Crippen LogP contribution >= 0.6 is 0 Å². The molecule has 8 nitrogen and oxygen atoms in total. The number of fused-ring (bicyclic) bond motifs is 1. The normalized spacial score (nSPS) is 25.1. The van der Waals surface area contributed by atoms with Crippen molar-refractivity contribution in [2.75, 3.05) is 13.1 Å². The predicted octanol–water partition coefficient (Wildman–Crippen LogP) is 0.0683. The Kier molecular flexibility index (Phi) is 3.74. The predicted molar refractivity (Wildman–Crippen MR) is 87.8 cm³/mol. The number of imidazole rings is 1. The second-order valence-corrected chi connectivity index (χ2v) is 8.48. The van der Waals surface area contributed by atoms with Crippen LogP contribution in [0.3, 0.4) is 0 Å². The van der Waals surface area contributed by atoms with Crippen molar-refractivity contribution in [1.82, 2.24) is 23.6 Å². The van der Waals surface area contributed by atoms with Crippen LogP contribution in [0.5, 0.6) is 0 Å². The van der Waals surface area contributed by atoms with Crippen LogP contribution in [0.4, 0.5) is 0 Å². The minimum atomic E-state index is -3.58. The molecule has 0 bridgehead atoms. The molecule has 1 saturated heterocycles. The number of rotatable bonds is 3. The highest BCUT2D eigenvalue weighted by molar-refractivity contribution is 7.89. The molecule has 0 spiro atoms. The smallest absolute Gasteiger partial charge is 0.260 e. The van der Waals surface area contributed by atoms with Crippen molar-refractivity contribution in [3.05, 3.63) is 30.0 Å². The quantitative estimate of drug-likeness (QED) is 0.844. The molecule has 0 amide bonds. The zero-order valence-corrected chi connectivity index (χ0v) is 14.5. The Hall–Kier alpha value is -1.71. The van der Waals surface area contributed by atoms with Gasteiger partial charge in [0.15, 0.2) is 5.03 Å². The van der Waals surface area contributed by atoms with E-state index < -0.39 is 10.0 Å². The van der Waals surface area contributed by atoms with Crippen molar-refractivity contribution in [3.8, 4) is 0 Å². The van der Waals surface area contributed by atoms with Gasteiger partial charge in [-0.15, -0.1) is 0 Å². The Morgan fingerprint density at radius 3 is 2.88 bits per heavy atom. The summed E-state index contributed by atoms with van der Waals surface area (Å²) in [5.74, 6) is 0.822. The average Bonchev–Trinajstić information content (AvgIpc) is 3.25. The molecule has 0 unspecified atom stereocenters. The number of hydrogen-bond donors (Lipinski definition) is 1. The van der Waals surface area contributed by atoms with E-state index >= 15 is 0 Å². The maximum Gasteiger partial charge on any atom is 0.260 e. The molecule has 130 valence electrons. The molecule has 9 heteroatoms. The van der Waals surface area contributed by atoms with Crippen molar-refractivity contribution >= 4 is 10.0 Å². The third-order valence-corrected chi connectivity index (χ3v) is 6.94. The number of aryl methyl sites for hydroxylation is 2. The van der Waals surface area contributed by atoms with Gasteiger partial charge in [-0.25, -0.2) is 13.4 Å². The summed E-state index contributed by atoms with van der Waals surface area (Å²) in [6.07, 6.45) is 6.11. The van der Waals surface area contributed by atoms with E-state index in [1.807, 2.05) is 17.7 Å². The summed E-state index contributed by atoms with van der Waals surface area (Å²) < 4.78 is 31.3. The molecule has 2 atom stereocenters. The Labute approximate surface area is 141 Å². The SMILES string of the molecule is Cn1nccc1[C@@H]1CN(S(=O)(=O)c2cnc3n2CCCC3)C[C@H]1N. The maximum atomic E-state index is 13.1. The average molecular weight is 350 g/mol. The number of nitrogens with two attached hydrogens (primary N) is 1. The standard InChI is InChI=1S/C15H22N6O2S/c1-19-13(5-6-18-19)11-9-20(10-12(11)16)24(22,23)15-8-17-14-4-2-3-7-21(14)15/h5-6,8,11-12H,2-4,7,9-10,16H2,1H3/t11-,12-/m1/s1. The fraction of sp³-hybridized carbons (Fsp3) is 0.600. The maximum absolute atomic E-state index is 13.1. The molecule has 2 aliphatic heterocycles. The summed E-state index contributed by atoms with van der Waals surface area (Å²) in [5, 5.41) is 4.47. The first-order valence-corrected chi connectivity index (χ1v) is 9.70. The van der Waals surface area contributed by atoms with Crippen molar-refractivity contribution in [2.24, 2.45) is 12.8 Å². The van der Waals surface area contributed by atoms with E-state index in [0.717, 1.165) is 37.3 Å². The molecule has 4 rings (SSSR count). The zero-order chi connectivity index (χ0) is 16.9. The highest BCUT2D eigenvalue weighted by Gasteiger charge is 2.41. The first-order chi connectivity index (χ1) is 11.5. The molecule has 0 aromatic carbocycles. The first-order valence-electron chi connectivity index (χ1n) is 8.26. The largest absolute Gasteiger partial charge is 0.326 e. The van der Waals surface area contributed by atoms with Gasteiger partial charge in [0.25, 0.3) is 10.0 Å². The second-order valence-electron chi connectivity index (χ2n) is 6.59. The molecular formula is C15H22N6O2S. The molecule has 2 aromatic rings. The van der Waals surface area contributed by atoms with Gasteiger partial charge in [-0.05, 0) is 18.9 Å². The fourth-order valence-electron chi connectivity index (χ4n) is 3.77. The topological polar surface area (TPSA) is 99.0 Å². The minimum Gasteiger partial charge on any atom is -0.326 e. The number of sulfonamides is 1. The lowest BCUT2D eigenvalue weighted by atomic mass is 10.0. The van der Waals surface area contributed by atoms with Gasteiger partial charge in [-0.3, -0.25) is 4.68 Å². The highest BCUT2D eigenvalue weighted by Crippen LogP contribution is 2.31. The van der Waals surface area contributed by atoms with Crippen molar-refractivity contribution in [2.45, 2.75) is 42.8 Å². The number of hydrogen-bond acceptors (Lipinski definition) is 5. The Bertz CT molecular complexity index is 855. The van der Waals surface area contributed by atoms with Gasteiger partial charge >= 0.3 is 0 Å². The van der Waals surface area contributed by atoms with Gasteiger partial charge < -0.3 is 10.3 Å². The summed E-state index contributed by atoms with van der Waals surface area (Å²) in [6, 6.07) is 1.67. The van der Waals surface area contributed by atoms with Crippen LogP contribution < -0.4 is 5.73 Å². The van der Waals surface area contributed by atoms with Crippen molar-refractivity contribution in [1.29, 1.82) is 0 Å². The molecule has 2 aliphatic rings. The van der Waals surface area contributed by atoms with Gasteiger partial charge in [-0.2, -0.15) is 9.40 Å². The Balaban J connectivity index is 1.64. The van der Waals surface area contributed by atoms with E-state index in [4.69, 9.17) is 5.73 Å². The van der Waals surface area contributed by atoms with Crippen LogP contribution in [-0.2, 0) is 30.0 Å². The molecule has 1 fully saturated rings. The molecule has 0 aliphatic carbocycles. The molecule has 4 heterocycles. The molecule has 0 saturated carbocycles. The second kappa shape index (κ2) is 5.68. The van der Waals surface area contributed by atoms with Crippen LogP contribution in [0.2, 0.25) is 0 Å². The van der Waals surface area contributed by atoms with Gasteiger partial charge in [-0.1, -0.05) is 0 Å². The summed E-state index contributed by atoms with van der Waals surface area (Å²) in [4.78, 5) is 4.31. The van der Waals surface area contributed by atoms with E-state index in [2.05, 4.69) is 10.1 Å². The molecular weight excluding hydrogens is 328 g/mol. The Morgan fingerprint density at radius 2 is 2.12 bits per heavy atom. The van der Waals surface area contributed by atoms with Crippen LogP contribution in [0, 0.1) is 0 Å². The summed E-state index contributed by atoms with van der Waals surface area (Å²) in [6.45, 7) is 1.41. The molecule has 2 aromatic heterocycles. The summed E-state index contributed by atoms with van der Waals surface area (Å²) in [5.41, 5.74) is 7.22. The van der Waals surface area contributed by atoms with Crippen LogP contribution in [0.1, 0.15) is 30.3 Å². The fourth-order valence-corrected chi connectivity index (χ4v) is 5.43. The van der Waals surface area contributed by atoms with E-state index in [0.29, 0.717) is 18.1 Å². The summed E-state index contributed by atoms with van der Waals surface area (Å²) >= 11 is 0. The minimum absolute atomic E-state index is 0.0453. The Morgan fingerprint density at radius 1 is 1.29 bits per heavy atom. The van der Waals surface area contributed by atoms with Crippen molar-refractivity contribution < 1.29 is 8.42 Å². The van der Waals surface area contributed by atoms with E-state index in [9.17, 15) is 8.42 Å². The van der Waals surface area contributed by atoms with Gasteiger partial charge in [0.1, 0.15) is 5.82 Å². The monoisotopic (exact) mass is 350 g/mol. The number of aromatic nitrogens is 4. The molecule has 2 N–H and O–H groups in total. The highest BCUT2D eigenvalue weighted by atomic mass is 32.2. The van der Waals surface area contributed by atoms with Gasteiger partial charge in [0.2, 0.25) is 0 Å². The van der Waals surface area contributed by atoms with E-state index in [-0.39, 0.29) is 12.0 Å². The molecule has 24 heavy (non-hydrogen) atoms. The van der Waals surface area contributed by atoms with Crippen LogP contribution in [0.25, 0.3) is 0 Å². The third-order valence-electron chi connectivity index (χ3n) is 5.11.